The third-order valence-corrected chi connectivity index (χ3v) is 13.5. The molecule has 0 aromatic carbocycles. The van der Waals surface area contributed by atoms with Gasteiger partial charge in [0, 0.05) is 0 Å². The summed E-state index contributed by atoms with van der Waals surface area (Å²) in [6.07, 6.45) is 9.62. The zero-order chi connectivity index (χ0) is 25.1. The number of aliphatic hydroxyl groups excluding tert-OH is 3. The highest BCUT2D eigenvalue weighted by atomic mass is 16.3. The molecule has 0 aromatic heterocycles. The van der Waals surface area contributed by atoms with Crippen molar-refractivity contribution in [3.05, 3.63) is 0 Å². The van der Waals surface area contributed by atoms with Crippen LogP contribution >= 0.6 is 0 Å². The Morgan fingerprint density at radius 1 is 0.853 bits per heavy atom. The Kier molecular flexibility index (Phi) is 5.59. The van der Waals surface area contributed by atoms with Gasteiger partial charge in [-0.2, -0.15) is 0 Å². The number of fused-ring (bicyclic) bond motifs is 2. The van der Waals surface area contributed by atoms with Crippen molar-refractivity contribution in [2.75, 3.05) is 0 Å². The smallest absolute Gasteiger partial charge is 0.0849 e. The lowest BCUT2D eigenvalue weighted by atomic mass is 9.41. The number of rotatable bonds is 5. The SMILES string of the molecule is C[C@H](CC[C@H](O)C(C)(C)O)[C@H]1[C@@H](O)C[C@@]2(C)[C@@H]3CC[C@H]4C(C)(C)[C@@H](O)CC[C@@]45C[C@@]35CC[C@]12C. The van der Waals surface area contributed by atoms with Gasteiger partial charge in [-0.25, -0.2) is 0 Å². The first-order chi connectivity index (χ1) is 15.6. The van der Waals surface area contributed by atoms with Crippen molar-refractivity contribution < 1.29 is 20.4 Å². The van der Waals surface area contributed by atoms with E-state index in [0.717, 1.165) is 19.3 Å². The highest BCUT2D eigenvalue weighted by Crippen LogP contribution is 2.89. The van der Waals surface area contributed by atoms with Gasteiger partial charge in [-0.1, -0.05) is 34.6 Å². The first-order valence-corrected chi connectivity index (χ1v) is 14.3. The zero-order valence-electron chi connectivity index (χ0n) is 22.9. The molecule has 196 valence electrons. The lowest BCUT2D eigenvalue weighted by Gasteiger charge is -2.63. The molecule has 0 saturated heterocycles. The van der Waals surface area contributed by atoms with Gasteiger partial charge in [0.15, 0.2) is 0 Å². The summed E-state index contributed by atoms with van der Waals surface area (Å²) in [6, 6.07) is 0. The maximum atomic E-state index is 11.5. The summed E-state index contributed by atoms with van der Waals surface area (Å²) in [5.74, 6) is 1.88. The third kappa shape index (κ3) is 3.04. The number of aliphatic hydroxyl groups is 4. The molecule has 5 aliphatic rings. The molecule has 4 N–H and O–H groups in total. The molecule has 4 nitrogen and oxygen atoms in total. The summed E-state index contributed by atoms with van der Waals surface area (Å²) >= 11 is 0. The Labute approximate surface area is 207 Å². The summed E-state index contributed by atoms with van der Waals surface area (Å²) in [7, 11) is 0. The Hall–Kier alpha value is -0.160. The Morgan fingerprint density at radius 2 is 1.47 bits per heavy atom. The molecular weight excluding hydrogens is 424 g/mol. The molecule has 0 aromatic rings. The van der Waals surface area contributed by atoms with Crippen LogP contribution in [0.25, 0.3) is 0 Å². The van der Waals surface area contributed by atoms with Gasteiger partial charge in [0.2, 0.25) is 0 Å². The molecule has 5 saturated carbocycles. The minimum Gasteiger partial charge on any atom is -0.393 e. The van der Waals surface area contributed by atoms with Gasteiger partial charge < -0.3 is 20.4 Å². The van der Waals surface area contributed by atoms with Gasteiger partial charge in [-0.05, 0) is 129 Å². The second kappa shape index (κ2) is 7.45. The maximum Gasteiger partial charge on any atom is 0.0849 e. The molecule has 0 bridgehead atoms. The molecule has 0 amide bonds. The fourth-order valence-corrected chi connectivity index (χ4v) is 11.4. The van der Waals surface area contributed by atoms with E-state index in [9.17, 15) is 20.4 Å². The molecule has 0 radical (unpaired) electrons. The molecule has 0 aliphatic heterocycles. The maximum absolute atomic E-state index is 11.5. The summed E-state index contributed by atoms with van der Waals surface area (Å²) < 4.78 is 0. The van der Waals surface area contributed by atoms with Gasteiger partial charge in [0.1, 0.15) is 0 Å². The van der Waals surface area contributed by atoms with Gasteiger partial charge in [0.25, 0.3) is 0 Å². The Morgan fingerprint density at radius 3 is 2.12 bits per heavy atom. The quantitative estimate of drug-likeness (QED) is 0.434. The van der Waals surface area contributed by atoms with Crippen molar-refractivity contribution in [3.63, 3.8) is 0 Å². The van der Waals surface area contributed by atoms with Crippen molar-refractivity contribution >= 4 is 0 Å². The number of hydrogen-bond acceptors (Lipinski definition) is 4. The minimum absolute atomic E-state index is 0.0158. The van der Waals surface area contributed by atoms with E-state index < -0.39 is 11.7 Å². The standard InChI is InChI=1S/C30H52O4/c1-18(8-11-23(33)26(4,5)34)24-19(31)16-28(7)21-10-9-20-25(2,3)22(32)12-13-29(20)17-30(21,29)15-14-27(24,28)6/h18-24,31-34H,8-17H2,1-7H3/t18-,19+,20+,21+,22+,23+,24+,27-,28+,29-,30+/m1/s1. The summed E-state index contributed by atoms with van der Waals surface area (Å²) in [5.41, 5.74) is 0.0474. The second-order valence-electron chi connectivity index (χ2n) is 15.4. The van der Waals surface area contributed by atoms with E-state index in [0.29, 0.717) is 35.0 Å². The fourth-order valence-electron chi connectivity index (χ4n) is 11.4. The summed E-state index contributed by atoms with van der Waals surface area (Å²) in [4.78, 5) is 0. The average molecular weight is 477 g/mol. The predicted molar refractivity (Wildman–Crippen MR) is 135 cm³/mol. The molecule has 0 heterocycles. The molecule has 5 rings (SSSR count). The highest BCUT2D eigenvalue weighted by molar-refractivity contribution is 5.31. The van der Waals surface area contributed by atoms with Crippen LogP contribution in [-0.4, -0.2) is 44.3 Å². The summed E-state index contributed by atoms with van der Waals surface area (Å²) in [5, 5.41) is 43.0. The van der Waals surface area contributed by atoms with Crippen molar-refractivity contribution in [2.24, 2.45) is 50.7 Å². The monoisotopic (exact) mass is 476 g/mol. The molecule has 34 heavy (non-hydrogen) atoms. The predicted octanol–water partition coefficient (Wildman–Crippen LogP) is 5.31. The van der Waals surface area contributed by atoms with E-state index in [1.807, 2.05) is 0 Å². The van der Waals surface area contributed by atoms with Crippen molar-refractivity contribution in [2.45, 2.75) is 137 Å². The highest BCUT2D eigenvalue weighted by Gasteiger charge is 2.82. The van der Waals surface area contributed by atoms with Crippen LogP contribution in [0.5, 0.6) is 0 Å². The van der Waals surface area contributed by atoms with E-state index >= 15 is 0 Å². The fraction of sp³-hybridized carbons (Fsp3) is 1.00. The first kappa shape index (κ1) is 25.5. The summed E-state index contributed by atoms with van der Waals surface area (Å²) in [6.45, 7) is 15.3. The van der Waals surface area contributed by atoms with E-state index in [-0.39, 0.29) is 34.4 Å². The van der Waals surface area contributed by atoms with Crippen LogP contribution in [0.15, 0.2) is 0 Å². The van der Waals surface area contributed by atoms with Crippen molar-refractivity contribution in [3.8, 4) is 0 Å². The Balaban J connectivity index is 1.40. The second-order valence-corrected chi connectivity index (χ2v) is 15.4. The van der Waals surface area contributed by atoms with Gasteiger partial charge >= 0.3 is 0 Å². The lowest BCUT2D eigenvalue weighted by molar-refractivity contribution is -0.162. The van der Waals surface area contributed by atoms with Crippen LogP contribution in [-0.2, 0) is 0 Å². The van der Waals surface area contributed by atoms with E-state index in [1.54, 1.807) is 13.8 Å². The zero-order valence-corrected chi connectivity index (χ0v) is 22.9. The van der Waals surface area contributed by atoms with Crippen LogP contribution in [0.4, 0.5) is 0 Å². The van der Waals surface area contributed by atoms with Gasteiger partial charge in [0.05, 0.1) is 23.9 Å². The molecule has 5 fully saturated rings. The Bertz CT molecular complexity index is 817. The molecule has 4 heteroatoms. The van der Waals surface area contributed by atoms with Gasteiger partial charge in [-0.15, -0.1) is 0 Å². The van der Waals surface area contributed by atoms with E-state index in [4.69, 9.17) is 0 Å². The van der Waals surface area contributed by atoms with Crippen LogP contribution in [0.2, 0.25) is 0 Å². The first-order valence-electron chi connectivity index (χ1n) is 14.3. The van der Waals surface area contributed by atoms with Crippen LogP contribution in [0.1, 0.15) is 113 Å². The normalized spacial score (nSPS) is 53.2. The van der Waals surface area contributed by atoms with Crippen LogP contribution < -0.4 is 0 Å². The van der Waals surface area contributed by atoms with Crippen LogP contribution in [0, 0.1) is 50.7 Å². The van der Waals surface area contributed by atoms with Gasteiger partial charge in [-0.3, -0.25) is 0 Å². The largest absolute Gasteiger partial charge is 0.393 e. The topological polar surface area (TPSA) is 80.9 Å². The van der Waals surface area contributed by atoms with Crippen molar-refractivity contribution in [1.82, 2.24) is 0 Å². The minimum atomic E-state index is -1.08. The molecule has 11 atom stereocenters. The van der Waals surface area contributed by atoms with E-state index in [2.05, 4.69) is 34.6 Å². The third-order valence-electron chi connectivity index (χ3n) is 13.5. The average Bonchev–Trinajstić information content (AvgIpc) is 3.34. The lowest BCUT2D eigenvalue weighted by Crippen LogP contribution is -2.57. The van der Waals surface area contributed by atoms with E-state index in [1.165, 1.54) is 38.5 Å². The van der Waals surface area contributed by atoms with Crippen LogP contribution in [0.3, 0.4) is 0 Å². The molecule has 5 aliphatic carbocycles. The van der Waals surface area contributed by atoms with Crippen molar-refractivity contribution in [1.29, 1.82) is 0 Å². The molecule has 2 spiro atoms. The number of hydrogen-bond donors (Lipinski definition) is 4. The molecular formula is C30H52O4. The molecule has 0 unspecified atom stereocenters.